The van der Waals surface area contributed by atoms with Crippen LogP contribution in [0.4, 0.5) is 0 Å². The van der Waals surface area contributed by atoms with Crippen LogP contribution < -0.4 is 5.73 Å². The minimum atomic E-state index is -0.219. The van der Waals surface area contributed by atoms with Gasteiger partial charge >= 0.3 is 0 Å². The maximum Gasteiger partial charge on any atom is 0.237 e. The lowest BCUT2D eigenvalue weighted by Gasteiger charge is -2.32. The molecule has 0 aromatic heterocycles. The number of carbonyl (C=O) groups is 2. The predicted octanol–water partition coefficient (Wildman–Crippen LogP) is 2.38. The van der Waals surface area contributed by atoms with Gasteiger partial charge in [-0.3, -0.25) is 14.5 Å². The average molecular weight is 357 g/mol. The Hall–Kier alpha value is -2.14. The third-order valence-corrected chi connectivity index (χ3v) is 4.72. The summed E-state index contributed by atoms with van der Waals surface area (Å²) in [6.45, 7) is 7.54. The summed E-state index contributed by atoms with van der Waals surface area (Å²) >= 11 is 0. The van der Waals surface area contributed by atoms with Crippen molar-refractivity contribution < 1.29 is 9.59 Å². The first kappa shape index (κ1) is 20.2. The Morgan fingerprint density at radius 1 is 1.23 bits per heavy atom. The molecule has 0 aliphatic carbocycles. The standard InChI is InChI=1S/C21H31N3O2/c1-17(2)15-24(12-6-9-18-7-4-3-5-8-18)20(25)16-23-13-10-19(11-14-23)21(22)26/h3-9,17,19H,10-16H2,1-2H3,(H2,22,26)/b9-6+. The maximum atomic E-state index is 12.8. The van der Waals surface area contributed by atoms with Crippen LogP contribution in [0.2, 0.25) is 0 Å². The molecule has 0 unspecified atom stereocenters. The molecule has 1 aromatic carbocycles. The van der Waals surface area contributed by atoms with Gasteiger partial charge in [0.25, 0.3) is 0 Å². The molecule has 142 valence electrons. The fourth-order valence-electron chi connectivity index (χ4n) is 3.27. The van der Waals surface area contributed by atoms with Crippen molar-refractivity contribution in [3.8, 4) is 0 Å². The highest BCUT2D eigenvalue weighted by Crippen LogP contribution is 2.16. The summed E-state index contributed by atoms with van der Waals surface area (Å²) in [5.41, 5.74) is 6.52. The van der Waals surface area contributed by atoms with Gasteiger partial charge in [-0.25, -0.2) is 0 Å². The number of amides is 2. The first-order valence-electron chi connectivity index (χ1n) is 9.46. The highest BCUT2D eigenvalue weighted by molar-refractivity contribution is 5.79. The lowest BCUT2D eigenvalue weighted by molar-refractivity contribution is -0.133. The van der Waals surface area contributed by atoms with Crippen LogP contribution in [0.1, 0.15) is 32.3 Å². The van der Waals surface area contributed by atoms with E-state index < -0.39 is 0 Å². The number of hydrogen-bond acceptors (Lipinski definition) is 3. The quantitative estimate of drug-likeness (QED) is 0.777. The molecule has 1 aromatic rings. The van der Waals surface area contributed by atoms with Gasteiger partial charge in [0.1, 0.15) is 0 Å². The number of likely N-dealkylation sites (tertiary alicyclic amines) is 1. The molecular weight excluding hydrogens is 326 g/mol. The maximum absolute atomic E-state index is 12.8. The van der Waals surface area contributed by atoms with Gasteiger partial charge in [0, 0.05) is 19.0 Å². The highest BCUT2D eigenvalue weighted by Gasteiger charge is 2.25. The second-order valence-electron chi connectivity index (χ2n) is 7.46. The zero-order valence-corrected chi connectivity index (χ0v) is 15.9. The van der Waals surface area contributed by atoms with Crippen molar-refractivity contribution in [2.75, 3.05) is 32.7 Å². The molecule has 26 heavy (non-hydrogen) atoms. The second kappa shape index (κ2) is 10.1. The van der Waals surface area contributed by atoms with Crippen LogP contribution in [0.3, 0.4) is 0 Å². The van der Waals surface area contributed by atoms with E-state index in [4.69, 9.17) is 5.73 Å². The second-order valence-corrected chi connectivity index (χ2v) is 7.46. The Morgan fingerprint density at radius 2 is 1.88 bits per heavy atom. The normalized spacial score (nSPS) is 16.3. The number of rotatable bonds is 8. The van der Waals surface area contributed by atoms with Gasteiger partial charge < -0.3 is 10.6 Å². The topological polar surface area (TPSA) is 66.6 Å². The average Bonchev–Trinajstić information content (AvgIpc) is 2.62. The third kappa shape index (κ3) is 6.64. The van der Waals surface area contributed by atoms with Gasteiger partial charge in [-0.1, -0.05) is 56.3 Å². The largest absolute Gasteiger partial charge is 0.369 e. The van der Waals surface area contributed by atoms with Gasteiger partial charge in [-0.2, -0.15) is 0 Å². The Labute approximate surface area is 156 Å². The van der Waals surface area contributed by atoms with E-state index >= 15 is 0 Å². The van der Waals surface area contributed by atoms with Crippen molar-refractivity contribution in [3.05, 3.63) is 42.0 Å². The monoisotopic (exact) mass is 357 g/mol. The van der Waals surface area contributed by atoms with Crippen LogP contribution in [0.5, 0.6) is 0 Å². The Balaban J connectivity index is 1.88. The summed E-state index contributed by atoms with van der Waals surface area (Å²) in [4.78, 5) is 28.1. The number of piperidine rings is 1. The van der Waals surface area contributed by atoms with Crippen LogP contribution in [0.25, 0.3) is 6.08 Å². The van der Waals surface area contributed by atoms with Gasteiger partial charge in [-0.05, 0) is 37.4 Å². The minimum absolute atomic E-state index is 0.0399. The molecule has 2 amide bonds. The van der Waals surface area contributed by atoms with Crippen molar-refractivity contribution >= 4 is 17.9 Å². The molecule has 0 bridgehead atoms. The molecule has 1 saturated heterocycles. The molecular formula is C21H31N3O2. The molecule has 0 atom stereocenters. The molecule has 0 saturated carbocycles. The zero-order chi connectivity index (χ0) is 18.9. The highest BCUT2D eigenvalue weighted by atomic mass is 16.2. The first-order chi connectivity index (χ1) is 12.5. The molecule has 1 fully saturated rings. The van der Waals surface area contributed by atoms with Crippen LogP contribution in [-0.2, 0) is 9.59 Å². The summed E-state index contributed by atoms with van der Waals surface area (Å²) in [6.07, 6.45) is 5.61. The van der Waals surface area contributed by atoms with E-state index in [0.717, 1.165) is 38.0 Å². The smallest absolute Gasteiger partial charge is 0.237 e. The van der Waals surface area contributed by atoms with Crippen LogP contribution in [0, 0.1) is 11.8 Å². The lowest BCUT2D eigenvalue weighted by atomic mass is 9.96. The number of benzene rings is 1. The first-order valence-corrected chi connectivity index (χ1v) is 9.46. The molecule has 1 heterocycles. The van der Waals surface area contributed by atoms with E-state index in [2.05, 4.69) is 30.9 Å². The van der Waals surface area contributed by atoms with Gasteiger partial charge in [0.2, 0.25) is 11.8 Å². The van der Waals surface area contributed by atoms with Crippen molar-refractivity contribution in [1.29, 1.82) is 0 Å². The molecule has 5 heteroatoms. The molecule has 5 nitrogen and oxygen atoms in total. The summed E-state index contributed by atoms with van der Waals surface area (Å²) in [7, 11) is 0. The zero-order valence-electron chi connectivity index (χ0n) is 15.9. The van der Waals surface area contributed by atoms with Gasteiger partial charge in [-0.15, -0.1) is 0 Å². The number of nitrogens with two attached hydrogens (primary N) is 1. The fourth-order valence-corrected chi connectivity index (χ4v) is 3.27. The van der Waals surface area contributed by atoms with Crippen molar-refractivity contribution in [2.24, 2.45) is 17.6 Å². The summed E-state index contributed by atoms with van der Waals surface area (Å²) in [5, 5.41) is 0. The van der Waals surface area contributed by atoms with E-state index in [0.29, 0.717) is 19.0 Å². The van der Waals surface area contributed by atoms with Crippen LogP contribution in [-0.4, -0.2) is 54.3 Å². The van der Waals surface area contributed by atoms with E-state index in [1.807, 2.05) is 35.2 Å². The molecule has 1 aliphatic rings. The van der Waals surface area contributed by atoms with Gasteiger partial charge in [0.05, 0.1) is 6.54 Å². The summed E-state index contributed by atoms with van der Waals surface area (Å²) in [6, 6.07) is 10.1. The minimum Gasteiger partial charge on any atom is -0.369 e. The van der Waals surface area contributed by atoms with E-state index in [-0.39, 0.29) is 17.7 Å². The Bertz CT molecular complexity index is 605. The molecule has 0 spiro atoms. The van der Waals surface area contributed by atoms with Crippen molar-refractivity contribution in [3.63, 3.8) is 0 Å². The van der Waals surface area contributed by atoms with E-state index in [9.17, 15) is 9.59 Å². The van der Waals surface area contributed by atoms with Crippen molar-refractivity contribution in [1.82, 2.24) is 9.80 Å². The molecule has 2 N–H and O–H groups in total. The number of hydrogen-bond donors (Lipinski definition) is 1. The van der Waals surface area contributed by atoms with Crippen LogP contribution >= 0.6 is 0 Å². The number of nitrogens with zero attached hydrogens (tertiary/aromatic N) is 2. The lowest BCUT2D eigenvalue weighted by Crippen LogP contribution is -2.45. The summed E-state index contributed by atoms with van der Waals surface area (Å²) < 4.78 is 0. The van der Waals surface area contributed by atoms with E-state index in [1.165, 1.54) is 0 Å². The third-order valence-electron chi connectivity index (χ3n) is 4.72. The summed E-state index contributed by atoms with van der Waals surface area (Å²) in [5.74, 6) is 0.309. The van der Waals surface area contributed by atoms with Crippen molar-refractivity contribution in [2.45, 2.75) is 26.7 Å². The number of primary amides is 1. The SMILES string of the molecule is CC(C)CN(C/C=C/c1ccccc1)C(=O)CN1CCC(C(N)=O)CC1. The van der Waals surface area contributed by atoms with E-state index in [1.54, 1.807) is 0 Å². The predicted molar refractivity (Wildman–Crippen MR) is 105 cm³/mol. The van der Waals surface area contributed by atoms with Gasteiger partial charge in [0.15, 0.2) is 0 Å². The molecule has 2 rings (SSSR count). The number of carbonyl (C=O) groups excluding carboxylic acids is 2. The fraction of sp³-hybridized carbons (Fsp3) is 0.524. The molecule has 0 radical (unpaired) electrons. The van der Waals surface area contributed by atoms with Crippen LogP contribution in [0.15, 0.2) is 36.4 Å². The Kier molecular flexibility index (Phi) is 7.85. The Morgan fingerprint density at radius 3 is 2.46 bits per heavy atom. The molecule has 1 aliphatic heterocycles.